The summed E-state index contributed by atoms with van der Waals surface area (Å²) in [5.41, 5.74) is 1.89. The molecule has 0 aromatic heterocycles. The third-order valence-corrected chi connectivity index (χ3v) is 4.88. The van der Waals surface area contributed by atoms with Crippen molar-refractivity contribution in [2.75, 3.05) is 25.0 Å². The van der Waals surface area contributed by atoms with Crippen molar-refractivity contribution in [3.8, 4) is 5.75 Å². The van der Waals surface area contributed by atoms with Gasteiger partial charge in [-0.15, -0.1) is 0 Å². The topological polar surface area (TPSA) is 58.6 Å². The Morgan fingerprint density at radius 1 is 0.929 bits per heavy atom. The molecule has 0 saturated carbocycles. The van der Waals surface area contributed by atoms with Gasteiger partial charge >= 0.3 is 0 Å². The van der Waals surface area contributed by atoms with Crippen molar-refractivity contribution >= 4 is 17.5 Å². The fourth-order valence-corrected chi connectivity index (χ4v) is 3.29. The number of para-hydroxylation sites is 1. The van der Waals surface area contributed by atoms with Crippen LogP contribution < -0.4 is 10.1 Å². The first-order valence-corrected chi connectivity index (χ1v) is 10.0. The van der Waals surface area contributed by atoms with Crippen LogP contribution in [-0.4, -0.2) is 36.4 Å². The Morgan fingerprint density at radius 2 is 1.64 bits per heavy atom. The summed E-state index contributed by atoms with van der Waals surface area (Å²) >= 11 is 0. The van der Waals surface area contributed by atoms with E-state index in [4.69, 9.17) is 4.74 Å². The van der Waals surface area contributed by atoms with Crippen LogP contribution in [0.2, 0.25) is 0 Å². The second kappa shape index (κ2) is 10.5. The molecule has 0 unspecified atom stereocenters. The number of anilines is 1. The predicted molar refractivity (Wildman–Crippen MR) is 110 cm³/mol. The van der Waals surface area contributed by atoms with Crippen molar-refractivity contribution in [2.45, 2.75) is 38.5 Å². The van der Waals surface area contributed by atoms with Crippen LogP contribution in [0.1, 0.15) is 37.7 Å². The summed E-state index contributed by atoms with van der Waals surface area (Å²) in [5, 5.41) is 2.91. The minimum atomic E-state index is -0.0198. The summed E-state index contributed by atoms with van der Waals surface area (Å²) in [6.45, 7) is 2.32. The van der Waals surface area contributed by atoms with Crippen LogP contribution in [0.3, 0.4) is 0 Å². The molecule has 5 heteroatoms. The SMILES string of the molecule is O=C(CCCOc1ccccc1)Nc1ccc(CCC(=O)N2CCCC2)cc1. The summed E-state index contributed by atoms with van der Waals surface area (Å²) in [5.74, 6) is 1.04. The molecule has 0 radical (unpaired) electrons. The van der Waals surface area contributed by atoms with E-state index in [1.165, 1.54) is 0 Å². The zero-order valence-corrected chi connectivity index (χ0v) is 16.2. The molecule has 1 fully saturated rings. The number of hydrogen-bond acceptors (Lipinski definition) is 3. The molecule has 1 aliphatic heterocycles. The van der Waals surface area contributed by atoms with E-state index >= 15 is 0 Å². The van der Waals surface area contributed by atoms with E-state index in [1.807, 2.05) is 59.5 Å². The number of carbonyl (C=O) groups is 2. The molecule has 28 heavy (non-hydrogen) atoms. The maximum absolute atomic E-state index is 12.1. The van der Waals surface area contributed by atoms with Gasteiger partial charge in [0.2, 0.25) is 11.8 Å². The Bertz CT molecular complexity index is 753. The number of aryl methyl sites for hydroxylation is 1. The molecule has 1 N–H and O–H groups in total. The monoisotopic (exact) mass is 380 g/mol. The van der Waals surface area contributed by atoms with E-state index < -0.39 is 0 Å². The lowest BCUT2D eigenvalue weighted by Gasteiger charge is -2.15. The summed E-state index contributed by atoms with van der Waals surface area (Å²) in [6.07, 6.45) is 4.61. The fraction of sp³-hybridized carbons (Fsp3) is 0.391. The lowest BCUT2D eigenvalue weighted by Crippen LogP contribution is -2.27. The number of benzene rings is 2. The van der Waals surface area contributed by atoms with Crippen molar-refractivity contribution in [3.05, 3.63) is 60.2 Å². The van der Waals surface area contributed by atoms with Gasteiger partial charge in [0.25, 0.3) is 0 Å². The summed E-state index contributed by atoms with van der Waals surface area (Å²) in [4.78, 5) is 26.1. The van der Waals surface area contributed by atoms with Crippen LogP contribution in [0.4, 0.5) is 5.69 Å². The van der Waals surface area contributed by atoms with Crippen LogP contribution in [0, 0.1) is 0 Å². The fourth-order valence-electron chi connectivity index (χ4n) is 3.29. The molecule has 0 bridgehead atoms. The van der Waals surface area contributed by atoms with Crippen molar-refractivity contribution in [1.82, 2.24) is 4.90 Å². The highest BCUT2D eigenvalue weighted by atomic mass is 16.5. The van der Waals surface area contributed by atoms with Crippen molar-refractivity contribution in [1.29, 1.82) is 0 Å². The van der Waals surface area contributed by atoms with Crippen molar-refractivity contribution in [2.24, 2.45) is 0 Å². The van der Waals surface area contributed by atoms with Crippen molar-refractivity contribution < 1.29 is 14.3 Å². The zero-order chi connectivity index (χ0) is 19.6. The minimum absolute atomic E-state index is 0.0198. The van der Waals surface area contributed by atoms with E-state index in [0.29, 0.717) is 25.9 Å². The molecule has 1 heterocycles. The Labute approximate surface area is 166 Å². The van der Waals surface area contributed by atoms with E-state index in [-0.39, 0.29) is 11.8 Å². The number of amides is 2. The Hall–Kier alpha value is -2.82. The number of hydrogen-bond donors (Lipinski definition) is 1. The molecule has 2 amide bonds. The lowest BCUT2D eigenvalue weighted by atomic mass is 10.1. The van der Waals surface area contributed by atoms with Crippen LogP contribution in [0.25, 0.3) is 0 Å². The van der Waals surface area contributed by atoms with E-state index in [0.717, 1.165) is 49.4 Å². The van der Waals surface area contributed by atoms with Crippen LogP contribution in [-0.2, 0) is 16.0 Å². The van der Waals surface area contributed by atoms with Gasteiger partial charge in [0.15, 0.2) is 0 Å². The molecule has 1 aliphatic rings. The average molecular weight is 380 g/mol. The first kappa shape index (κ1) is 19.9. The van der Waals surface area contributed by atoms with Crippen LogP contribution in [0.5, 0.6) is 5.75 Å². The highest BCUT2D eigenvalue weighted by Gasteiger charge is 2.17. The molecule has 0 aliphatic carbocycles. The summed E-state index contributed by atoms with van der Waals surface area (Å²) < 4.78 is 5.59. The third-order valence-electron chi connectivity index (χ3n) is 4.88. The quantitative estimate of drug-likeness (QED) is 0.668. The van der Waals surface area contributed by atoms with Gasteiger partial charge in [0, 0.05) is 31.6 Å². The Balaban J connectivity index is 1.34. The van der Waals surface area contributed by atoms with Gasteiger partial charge in [-0.3, -0.25) is 9.59 Å². The van der Waals surface area contributed by atoms with Gasteiger partial charge in [-0.2, -0.15) is 0 Å². The van der Waals surface area contributed by atoms with Gasteiger partial charge in [0.05, 0.1) is 6.61 Å². The zero-order valence-electron chi connectivity index (χ0n) is 16.2. The number of nitrogens with one attached hydrogen (secondary N) is 1. The molecule has 148 valence electrons. The Morgan fingerprint density at radius 3 is 2.36 bits per heavy atom. The molecule has 2 aromatic rings. The average Bonchev–Trinajstić information content (AvgIpc) is 3.26. The highest BCUT2D eigenvalue weighted by Crippen LogP contribution is 2.14. The first-order chi connectivity index (χ1) is 13.7. The molecule has 5 nitrogen and oxygen atoms in total. The summed E-state index contributed by atoms with van der Waals surface area (Å²) in [6, 6.07) is 17.3. The lowest BCUT2D eigenvalue weighted by molar-refractivity contribution is -0.130. The van der Waals surface area contributed by atoms with E-state index in [1.54, 1.807) is 0 Å². The maximum atomic E-state index is 12.1. The maximum Gasteiger partial charge on any atom is 0.224 e. The summed E-state index contributed by atoms with van der Waals surface area (Å²) in [7, 11) is 0. The number of carbonyl (C=O) groups excluding carboxylic acids is 2. The predicted octanol–water partition coefficient (Wildman–Crippen LogP) is 4.04. The molecule has 3 rings (SSSR count). The minimum Gasteiger partial charge on any atom is -0.494 e. The van der Waals surface area contributed by atoms with Gasteiger partial charge in [-0.25, -0.2) is 0 Å². The van der Waals surface area contributed by atoms with Crippen molar-refractivity contribution in [3.63, 3.8) is 0 Å². The molecular weight excluding hydrogens is 352 g/mol. The second-order valence-electron chi connectivity index (χ2n) is 7.10. The number of rotatable bonds is 9. The number of ether oxygens (including phenoxy) is 1. The number of nitrogens with zero attached hydrogens (tertiary/aromatic N) is 1. The highest BCUT2D eigenvalue weighted by molar-refractivity contribution is 5.90. The van der Waals surface area contributed by atoms with Crippen LogP contribution >= 0.6 is 0 Å². The van der Waals surface area contributed by atoms with Gasteiger partial charge < -0.3 is 15.0 Å². The Kier molecular flexibility index (Phi) is 7.47. The van der Waals surface area contributed by atoms with Gasteiger partial charge in [-0.1, -0.05) is 30.3 Å². The molecule has 2 aromatic carbocycles. The number of likely N-dealkylation sites (tertiary alicyclic amines) is 1. The largest absolute Gasteiger partial charge is 0.494 e. The molecule has 0 spiro atoms. The molecular formula is C23H28N2O3. The van der Waals surface area contributed by atoms with Crippen LogP contribution in [0.15, 0.2) is 54.6 Å². The van der Waals surface area contributed by atoms with Gasteiger partial charge in [-0.05, 0) is 55.5 Å². The van der Waals surface area contributed by atoms with Gasteiger partial charge in [0.1, 0.15) is 5.75 Å². The van der Waals surface area contributed by atoms with E-state index in [2.05, 4.69) is 5.32 Å². The van der Waals surface area contributed by atoms with E-state index in [9.17, 15) is 9.59 Å². The molecule has 0 atom stereocenters. The first-order valence-electron chi connectivity index (χ1n) is 10.0. The molecule has 1 saturated heterocycles. The third kappa shape index (κ3) is 6.41. The standard InChI is InChI=1S/C23H28N2O3/c26-22(9-6-18-28-21-7-2-1-3-8-21)24-20-13-10-19(11-14-20)12-15-23(27)25-16-4-5-17-25/h1-3,7-8,10-11,13-14H,4-6,9,12,15-18H2,(H,24,26). The second-order valence-corrected chi connectivity index (χ2v) is 7.10. The normalized spacial score (nSPS) is 13.4. The smallest absolute Gasteiger partial charge is 0.224 e.